The van der Waals surface area contributed by atoms with E-state index < -0.39 is 6.10 Å². The summed E-state index contributed by atoms with van der Waals surface area (Å²) in [4.78, 5) is 38.4. The van der Waals surface area contributed by atoms with Crippen LogP contribution in [0.25, 0.3) is 0 Å². The molecule has 0 amide bonds. The summed E-state index contributed by atoms with van der Waals surface area (Å²) >= 11 is 0. The van der Waals surface area contributed by atoms with Crippen LogP contribution in [0.2, 0.25) is 0 Å². The molecule has 0 N–H and O–H groups in total. The molecule has 0 rings (SSSR count). The Hall–Kier alpha value is -3.15. The van der Waals surface area contributed by atoms with Gasteiger partial charge in [0, 0.05) is 19.3 Å². The fraction of sp³-hybridized carbons (Fsp3) is 0.800. The highest BCUT2D eigenvalue weighted by atomic mass is 16.6. The quantitative estimate of drug-likeness (QED) is 0.0261. The third kappa shape index (κ3) is 67.5. The van der Waals surface area contributed by atoms with Crippen LogP contribution in [0.3, 0.4) is 0 Å². The van der Waals surface area contributed by atoms with Crippen LogP contribution in [0, 0.1) is 0 Å². The Bertz CT molecular complexity index is 1490. The molecule has 0 spiro atoms. The van der Waals surface area contributed by atoms with E-state index in [1.807, 2.05) is 0 Å². The van der Waals surface area contributed by atoms with Gasteiger partial charge in [0.15, 0.2) is 6.10 Å². The van der Waals surface area contributed by atoms with E-state index >= 15 is 0 Å². The zero-order valence-corrected chi connectivity index (χ0v) is 54.1. The lowest BCUT2D eigenvalue weighted by Gasteiger charge is -2.18. The van der Waals surface area contributed by atoms with E-state index in [1.54, 1.807) is 0 Å². The van der Waals surface area contributed by atoms with Crippen molar-refractivity contribution < 1.29 is 28.6 Å². The van der Waals surface area contributed by atoms with Gasteiger partial charge in [0.25, 0.3) is 0 Å². The number of carbonyl (C=O) groups is 3. The molecular weight excluding hydrogens is 997 g/mol. The number of esters is 3. The first-order chi connectivity index (χ1) is 40.0. The molecule has 81 heavy (non-hydrogen) atoms. The zero-order valence-electron chi connectivity index (χ0n) is 54.1. The van der Waals surface area contributed by atoms with Gasteiger partial charge >= 0.3 is 17.9 Å². The van der Waals surface area contributed by atoms with Gasteiger partial charge in [-0.15, -0.1) is 0 Å². The third-order valence-electron chi connectivity index (χ3n) is 15.7. The van der Waals surface area contributed by atoms with Gasteiger partial charge in [-0.05, 0) is 116 Å². The molecule has 1 atom stereocenters. The highest BCUT2D eigenvalue weighted by molar-refractivity contribution is 5.71. The van der Waals surface area contributed by atoms with Gasteiger partial charge in [0.2, 0.25) is 0 Å². The lowest BCUT2D eigenvalue weighted by Crippen LogP contribution is -2.30. The van der Waals surface area contributed by atoms with Crippen LogP contribution in [0.1, 0.15) is 367 Å². The minimum absolute atomic E-state index is 0.0788. The van der Waals surface area contributed by atoms with Crippen molar-refractivity contribution in [3.05, 3.63) is 72.9 Å². The summed E-state index contributed by atoms with van der Waals surface area (Å²) in [7, 11) is 0. The molecule has 0 aliphatic rings. The monoisotopic (exact) mass is 1130 g/mol. The van der Waals surface area contributed by atoms with Crippen LogP contribution in [0.4, 0.5) is 0 Å². The maximum absolute atomic E-state index is 12.9. The predicted octanol–water partition coefficient (Wildman–Crippen LogP) is 24.4. The SMILES string of the molecule is CCCCC/C=C\C/C=C\CCCCCCCC(=O)OCC(COC(=O)CCCCCCCCCCCCCCCCCC/C=C\C/C=C\C/C=C\CCCCCCC)OC(=O)CCCCCCCCC/C=C\CCCCCCCC. The molecule has 6 heteroatoms. The van der Waals surface area contributed by atoms with E-state index in [4.69, 9.17) is 14.2 Å². The maximum Gasteiger partial charge on any atom is 0.306 e. The molecule has 1 unspecified atom stereocenters. The van der Waals surface area contributed by atoms with Crippen molar-refractivity contribution in [2.45, 2.75) is 374 Å². The summed E-state index contributed by atoms with van der Waals surface area (Å²) in [6.45, 7) is 6.63. The van der Waals surface area contributed by atoms with Gasteiger partial charge in [0.05, 0.1) is 0 Å². The average Bonchev–Trinajstić information content (AvgIpc) is 3.47. The Morgan fingerprint density at radius 2 is 0.444 bits per heavy atom. The van der Waals surface area contributed by atoms with E-state index in [9.17, 15) is 14.4 Å². The van der Waals surface area contributed by atoms with Crippen molar-refractivity contribution in [2.75, 3.05) is 13.2 Å². The number of carbonyl (C=O) groups excluding carboxylic acids is 3. The Morgan fingerprint density at radius 3 is 0.728 bits per heavy atom. The number of ether oxygens (including phenoxy) is 3. The summed E-state index contributed by atoms with van der Waals surface area (Å²) < 4.78 is 17.0. The first kappa shape index (κ1) is 77.9. The van der Waals surface area contributed by atoms with Gasteiger partial charge < -0.3 is 14.2 Å². The number of unbranched alkanes of at least 4 members (excludes halogenated alkanes) is 42. The Kier molecular flexibility index (Phi) is 66.6. The first-order valence-electron chi connectivity index (χ1n) is 35.4. The van der Waals surface area contributed by atoms with E-state index in [-0.39, 0.29) is 31.1 Å². The number of allylic oxidation sites excluding steroid dienone is 12. The van der Waals surface area contributed by atoms with Gasteiger partial charge in [-0.1, -0.05) is 306 Å². The summed E-state index contributed by atoms with van der Waals surface area (Å²) in [6.07, 6.45) is 90.7. The molecule has 470 valence electrons. The highest BCUT2D eigenvalue weighted by Crippen LogP contribution is 2.17. The fourth-order valence-corrected chi connectivity index (χ4v) is 10.3. The van der Waals surface area contributed by atoms with Crippen molar-refractivity contribution in [1.29, 1.82) is 0 Å². The Labute approximate surface area is 503 Å². The minimum Gasteiger partial charge on any atom is -0.462 e. The van der Waals surface area contributed by atoms with Crippen LogP contribution < -0.4 is 0 Å². The van der Waals surface area contributed by atoms with Crippen molar-refractivity contribution in [3.63, 3.8) is 0 Å². The molecule has 6 nitrogen and oxygen atoms in total. The normalized spacial score (nSPS) is 12.5. The molecule has 0 aromatic rings. The van der Waals surface area contributed by atoms with Gasteiger partial charge in [-0.3, -0.25) is 14.4 Å². The second-order valence-electron chi connectivity index (χ2n) is 23.8. The molecule has 0 bridgehead atoms. The van der Waals surface area contributed by atoms with E-state index in [2.05, 4.69) is 93.7 Å². The van der Waals surface area contributed by atoms with Crippen LogP contribution in [-0.4, -0.2) is 37.2 Å². The van der Waals surface area contributed by atoms with Crippen molar-refractivity contribution in [3.8, 4) is 0 Å². The lowest BCUT2D eigenvalue weighted by molar-refractivity contribution is -0.167. The summed E-state index contributed by atoms with van der Waals surface area (Å²) in [5.74, 6) is -0.878. The minimum atomic E-state index is -0.784. The summed E-state index contributed by atoms with van der Waals surface area (Å²) in [5.41, 5.74) is 0. The fourth-order valence-electron chi connectivity index (χ4n) is 10.3. The van der Waals surface area contributed by atoms with Crippen molar-refractivity contribution in [1.82, 2.24) is 0 Å². The zero-order chi connectivity index (χ0) is 58.5. The molecule has 0 aromatic heterocycles. The summed E-state index contributed by atoms with van der Waals surface area (Å²) in [5, 5.41) is 0. The second kappa shape index (κ2) is 69.3. The molecule has 0 radical (unpaired) electrons. The number of rotatable bonds is 65. The summed E-state index contributed by atoms with van der Waals surface area (Å²) in [6, 6.07) is 0. The largest absolute Gasteiger partial charge is 0.462 e. The predicted molar refractivity (Wildman–Crippen MR) is 353 cm³/mol. The molecule has 0 saturated carbocycles. The molecule has 0 aliphatic heterocycles. The van der Waals surface area contributed by atoms with Gasteiger partial charge in [-0.25, -0.2) is 0 Å². The standard InChI is InChI=1S/C75H134O6/c1-4-7-10-13-16-19-22-25-28-30-31-32-33-34-35-36-37-38-39-40-41-42-43-45-47-50-53-56-59-62-65-68-74(77)80-71-72(70-79-73(76)67-64-61-58-55-52-49-46-27-24-21-18-15-12-9-6-3)81-75(78)69-66-63-60-57-54-51-48-44-29-26-23-20-17-14-11-8-5-2/h18,21-22,25-27,29-31,33-34,46,72H,4-17,19-20,23-24,28,32,35-45,47-71H2,1-3H3/b21-18-,25-22-,29-26-,31-30-,34-33-,46-27-. The maximum atomic E-state index is 12.9. The van der Waals surface area contributed by atoms with Crippen LogP contribution in [0.5, 0.6) is 0 Å². The van der Waals surface area contributed by atoms with E-state index in [0.717, 1.165) is 89.9 Å². The van der Waals surface area contributed by atoms with E-state index in [1.165, 1.54) is 238 Å². The van der Waals surface area contributed by atoms with Crippen LogP contribution in [0.15, 0.2) is 72.9 Å². The average molecular weight is 1130 g/mol. The molecular formula is C75H134O6. The topological polar surface area (TPSA) is 78.9 Å². The Balaban J connectivity index is 4.22. The van der Waals surface area contributed by atoms with Gasteiger partial charge in [0.1, 0.15) is 13.2 Å². The van der Waals surface area contributed by atoms with Crippen LogP contribution in [-0.2, 0) is 28.6 Å². The first-order valence-corrected chi connectivity index (χ1v) is 35.4. The van der Waals surface area contributed by atoms with Crippen LogP contribution >= 0.6 is 0 Å². The lowest BCUT2D eigenvalue weighted by atomic mass is 10.0. The molecule has 0 aromatic carbocycles. The molecule has 0 heterocycles. The van der Waals surface area contributed by atoms with Crippen molar-refractivity contribution >= 4 is 17.9 Å². The molecule has 0 saturated heterocycles. The number of hydrogen-bond acceptors (Lipinski definition) is 6. The highest BCUT2D eigenvalue weighted by Gasteiger charge is 2.19. The third-order valence-corrected chi connectivity index (χ3v) is 15.7. The number of hydrogen-bond donors (Lipinski definition) is 0. The molecule has 0 aliphatic carbocycles. The second-order valence-corrected chi connectivity index (χ2v) is 23.8. The van der Waals surface area contributed by atoms with Crippen molar-refractivity contribution in [2.24, 2.45) is 0 Å². The molecule has 0 fully saturated rings. The smallest absolute Gasteiger partial charge is 0.306 e. The van der Waals surface area contributed by atoms with Gasteiger partial charge in [-0.2, -0.15) is 0 Å². The van der Waals surface area contributed by atoms with E-state index in [0.29, 0.717) is 19.3 Å². The Morgan fingerprint density at radius 1 is 0.247 bits per heavy atom.